The number of rotatable bonds is 5. The number of carboxylic acid groups (broad SMARTS) is 1. The molecule has 5 nitrogen and oxygen atoms in total. The average Bonchev–Trinajstić information content (AvgIpc) is 2.71. The quantitative estimate of drug-likeness (QED) is 0.760. The van der Waals surface area contributed by atoms with Crippen LogP contribution in [0.3, 0.4) is 0 Å². The molecule has 98 valence electrons. The number of ether oxygens (including phenoxy) is 1. The number of aliphatic carboxylic acids is 1. The molecule has 1 rings (SSSR count). The number of carbonyl (C=O) groups is 2. The smallest absolute Gasteiger partial charge is 0.326 e. The van der Waals surface area contributed by atoms with Gasteiger partial charge in [0.2, 0.25) is 5.91 Å². The fourth-order valence-electron chi connectivity index (χ4n) is 1.92. The Morgan fingerprint density at radius 3 is 2.53 bits per heavy atom. The van der Waals surface area contributed by atoms with Gasteiger partial charge in [0.15, 0.2) is 0 Å². The van der Waals surface area contributed by atoms with Gasteiger partial charge in [-0.25, -0.2) is 4.79 Å². The van der Waals surface area contributed by atoms with E-state index in [0.29, 0.717) is 12.8 Å². The number of nitrogens with one attached hydrogen (secondary N) is 1. The van der Waals surface area contributed by atoms with Crippen LogP contribution in [0, 0.1) is 5.92 Å². The highest BCUT2D eigenvalue weighted by Crippen LogP contribution is 2.19. The van der Waals surface area contributed by atoms with Crippen molar-refractivity contribution in [3.05, 3.63) is 0 Å². The molecule has 1 fully saturated rings. The second-order valence-electron chi connectivity index (χ2n) is 4.72. The maximum Gasteiger partial charge on any atom is 0.326 e. The SMILES string of the molecule is CC[C@H](C)[C@H](NC(=O)[C@@H]1CC[C@H](C)O1)C(=O)O. The number of hydrogen-bond acceptors (Lipinski definition) is 3. The Kier molecular flexibility index (Phi) is 4.93. The molecule has 17 heavy (non-hydrogen) atoms. The lowest BCUT2D eigenvalue weighted by atomic mass is 9.99. The molecule has 0 unspecified atom stereocenters. The van der Waals surface area contributed by atoms with Crippen molar-refractivity contribution in [2.45, 2.75) is 58.3 Å². The fourth-order valence-corrected chi connectivity index (χ4v) is 1.92. The van der Waals surface area contributed by atoms with Crippen molar-refractivity contribution in [3.63, 3.8) is 0 Å². The monoisotopic (exact) mass is 243 g/mol. The second kappa shape index (κ2) is 6.00. The van der Waals surface area contributed by atoms with Gasteiger partial charge in [-0.1, -0.05) is 20.3 Å². The molecule has 1 aliphatic heterocycles. The van der Waals surface area contributed by atoms with Crippen molar-refractivity contribution in [2.75, 3.05) is 0 Å². The summed E-state index contributed by atoms with van der Waals surface area (Å²) < 4.78 is 5.41. The van der Waals surface area contributed by atoms with Crippen LogP contribution in [0.15, 0.2) is 0 Å². The lowest BCUT2D eigenvalue weighted by molar-refractivity contribution is -0.145. The Morgan fingerprint density at radius 1 is 1.47 bits per heavy atom. The maximum atomic E-state index is 11.8. The van der Waals surface area contributed by atoms with Gasteiger partial charge in [-0.05, 0) is 25.7 Å². The van der Waals surface area contributed by atoms with E-state index in [-0.39, 0.29) is 17.9 Å². The lowest BCUT2D eigenvalue weighted by Gasteiger charge is -2.22. The Labute approximate surface area is 102 Å². The Hall–Kier alpha value is -1.10. The fraction of sp³-hybridized carbons (Fsp3) is 0.833. The number of hydrogen-bond donors (Lipinski definition) is 2. The molecule has 1 amide bonds. The van der Waals surface area contributed by atoms with Crippen LogP contribution < -0.4 is 5.32 Å². The van der Waals surface area contributed by atoms with E-state index in [9.17, 15) is 9.59 Å². The molecule has 5 heteroatoms. The van der Waals surface area contributed by atoms with Gasteiger partial charge >= 0.3 is 5.97 Å². The van der Waals surface area contributed by atoms with Crippen molar-refractivity contribution in [1.82, 2.24) is 5.32 Å². The van der Waals surface area contributed by atoms with Crippen molar-refractivity contribution in [2.24, 2.45) is 5.92 Å². The molecule has 0 aromatic carbocycles. The molecule has 0 spiro atoms. The first-order chi connectivity index (χ1) is 7.95. The molecule has 0 aromatic rings. The summed E-state index contributed by atoms with van der Waals surface area (Å²) in [4.78, 5) is 22.9. The Morgan fingerprint density at radius 2 is 2.12 bits per heavy atom. The average molecular weight is 243 g/mol. The minimum atomic E-state index is -0.987. The molecular weight excluding hydrogens is 222 g/mol. The predicted molar refractivity (Wildman–Crippen MR) is 62.6 cm³/mol. The van der Waals surface area contributed by atoms with E-state index >= 15 is 0 Å². The summed E-state index contributed by atoms with van der Waals surface area (Å²) in [6, 6.07) is -0.827. The van der Waals surface area contributed by atoms with E-state index in [2.05, 4.69) is 5.32 Å². The molecule has 1 saturated heterocycles. The minimum absolute atomic E-state index is 0.0811. The number of carboxylic acids is 1. The highest BCUT2D eigenvalue weighted by molar-refractivity contribution is 5.86. The normalized spacial score (nSPS) is 27.5. The molecule has 0 aromatic heterocycles. The van der Waals surface area contributed by atoms with E-state index in [0.717, 1.165) is 6.42 Å². The van der Waals surface area contributed by atoms with Gasteiger partial charge in [-0.15, -0.1) is 0 Å². The molecular formula is C12H21NO4. The Bertz CT molecular complexity index is 292. The molecule has 0 radical (unpaired) electrons. The van der Waals surface area contributed by atoms with Gasteiger partial charge in [-0.2, -0.15) is 0 Å². The van der Waals surface area contributed by atoms with E-state index in [1.54, 1.807) is 0 Å². The summed E-state index contributed by atoms with van der Waals surface area (Å²) in [6.45, 7) is 5.63. The van der Waals surface area contributed by atoms with Crippen molar-refractivity contribution < 1.29 is 19.4 Å². The summed E-state index contributed by atoms with van der Waals surface area (Å²) in [5.41, 5.74) is 0. The van der Waals surface area contributed by atoms with E-state index in [4.69, 9.17) is 9.84 Å². The van der Waals surface area contributed by atoms with Crippen LogP contribution in [0.4, 0.5) is 0 Å². The summed E-state index contributed by atoms with van der Waals surface area (Å²) in [5, 5.41) is 11.6. The first-order valence-electron chi connectivity index (χ1n) is 6.14. The first kappa shape index (κ1) is 14.0. The molecule has 0 bridgehead atoms. The summed E-state index contributed by atoms with van der Waals surface area (Å²) in [5.74, 6) is -1.38. The summed E-state index contributed by atoms with van der Waals surface area (Å²) >= 11 is 0. The van der Waals surface area contributed by atoms with E-state index < -0.39 is 18.1 Å². The Balaban J connectivity index is 2.55. The lowest BCUT2D eigenvalue weighted by Crippen LogP contribution is -2.48. The van der Waals surface area contributed by atoms with Crippen LogP contribution in [0.2, 0.25) is 0 Å². The number of amides is 1. The van der Waals surface area contributed by atoms with Crippen LogP contribution in [-0.4, -0.2) is 35.2 Å². The summed E-state index contributed by atoms with van der Waals surface area (Å²) in [6.07, 6.45) is 1.81. The van der Waals surface area contributed by atoms with Gasteiger partial charge in [0.1, 0.15) is 12.1 Å². The van der Waals surface area contributed by atoms with E-state index in [1.165, 1.54) is 0 Å². The molecule has 1 heterocycles. The molecule has 2 N–H and O–H groups in total. The van der Waals surface area contributed by atoms with Crippen LogP contribution in [-0.2, 0) is 14.3 Å². The van der Waals surface area contributed by atoms with Crippen LogP contribution in [0.1, 0.15) is 40.0 Å². The van der Waals surface area contributed by atoms with Gasteiger partial charge < -0.3 is 15.2 Å². The van der Waals surface area contributed by atoms with Crippen LogP contribution in [0.25, 0.3) is 0 Å². The van der Waals surface area contributed by atoms with Gasteiger partial charge in [0.05, 0.1) is 6.10 Å². The zero-order chi connectivity index (χ0) is 13.0. The highest BCUT2D eigenvalue weighted by Gasteiger charge is 2.32. The van der Waals surface area contributed by atoms with Gasteiger partial charge in [0, 0.05) is 0 Å². The van der Waals surface area contributed by atoms with Crippen molar-refractivity contribution >= 4 is 11.9 Å². The second-order valence-corrected chi connectivity index (χ2v) is 4.72. The van der Waals surface area contributed by atoms with Crippen LogP contribution >= 0.6 is 0 Å². The minimum Gasteiger partial charge on any atom is -0.480 e. The standard InChI is InChI=1S/C12H21NO4/c1-4-7(2)10(12(15)16)13-11(14)9-6-5-8(3)17-9/h7-10H,4-6H2,1-3H3,(H,13,14)(H,15,16)/t7-,8-,9-,10-/m0/s1. The molecule has 4 atom stereocenters. The van der Waals surface area contributed by atoms with Gasteiger partial charge in [0.25, 0.3) is 0 Å². The molecule has 0 aliphatic carbocycles. The molecule has 1 aliphatic rings. The maximum absolute atomic E-state index is 11.8. The third kappa shape index (κ3) is 3.70. The largest absolute Gasteiger partial charge is 0.480 e. The van der Waals surface area contributed by atoms with Crippen molar-refractivity contribution in [3.8, 4) is 0 Å². The zero-order valence-electron chi connectivity index (χ0n) is 10.6. The topological polar surface area (TPSA) is 75.6 Å². The third-order valence-corrected chi connectivity index (χ3v) is 3.30. The zero-order valence-corrected chi connectivity index (χ0v) is 10.6. The van der Waals surface area contributed by atoms with Gasteiger partial charge in [-0.3, -0.25) is 4.79 Å². The van der Waals surface area contributed by atoms with Crippen LogP contribution in [0.5, 0.6) is 0 Å². The highest BCUT2D eigenvalue weighted by atomic mass is 16.5. The van der Waals surface area contributed by atoms with Crippen molar-refractivity contribution in [1.29, 1.82) is 0 Å². The molecule has 0 saturated carbocycles. The van der Waals surface area contributed by atoms with E-state index in [1.807, 2.05) is 20.8 Å². The summed E-state index contributed by atoms with van der Waals surface area (Å²) in [7, 11) is 0. The predicted octanol–water partition coefficient (Wildman–Crippen LogP) is 1.17. The third-order valence-electron chi connectivity index (χ3n) is 3.30. The first-order valence-corrected chi connectivity index (χ1v) is 6.14. The number of carbonyl (C=O) groups excluding carboxylic acids is 1.